The average Bonchev–Trinajstić information content (AvgIpc) is 2.72. The van der Waals surface area contributed by atoms with Crippen LogP contribution in [0.2, 0.25) is 4.34 Å². The number of rotatable bonds is 3. The van der Waals surface area contributed by atoms with E-state index >= 15 is 0 Å². The third kappa shape index (κ3) is 2.37. The molecule has 2 heterocycles. The first-order valence-corrected chi connectivity index (χ1v) is 5.27. The Bertz CT molecular complexity index is 491. The van der Waals surface area contributed by atoms with Gasteiger partial charge in [-0.1, -0.05) is 16.8 Å². The third-order valence-corrected chi connectivity index (χ3v) is 2.95. The van der Waals surface area contributed by atoms with E-state index in [1.807, 2.05) is 0 Å². The molecule has 0 radical (unpaired) electrons. The lowest BCUT2D eigenvalue weighted by Gasteiger charge is -1.84. The summed E-state index contributed by atoms with van der Waals surface area (Å²) in [6.45, 7) is 0. The number of thiophene rings is 1. The van der Waals surface area contributed by atoms with E-state index in [0.29, 0.717) is 15.8 Å². The highest BCUT2D eigenvalue weighted by Gasteiger charge is 2.10. The fraction of sp³-hybridized carbons (Fsp3) is 0.111. The van der Waals surface area contributed by atoms with Gasteiger partial charge in [0.25, 0.3) is 0 Å². The molecule has 0 fully saturated rings. The lowest BCUT2D eigenvalue weighted by molar-refractivity contribution is -0.136. The maximum Gasteiger partial charge on any atom is 0.309 e. The van der Waals surface area contributed by atoms with Crippen molar-refractivity contribution in [1.29, 1.82) is 0 Å². The zero-order valence-electron chi connectivity index (χ0n) is 7.44. The molecular weight excluding hydrogens is 238 g/mol. The largest absolute Gasteiger partial charge is 0.481 e. The highest BCUT2D eigenvalue weighted by molar-refractivity contribution is 7.19. The van der Waals surface area contributed by atoms with Crippen molar-refractivity contribution in [2.24, 2.45) is 0 Å². The summed E-state index contributed by atoms with van der Waals surface area (Å²) in [7, 11) is 0. The summed E-state index contributed by atoms with van der Waals surface area (Å²) < 4.78 is 5.66. The molecule has 2 aromatic heterocycles. The van der Waals surface area contributed by atoms with Crippen LogP contribution in [0.15, 0.2) is 22.7 Å². The standard InChI is InChI=1S/C9H6ClNO3S/c10-8-2-1-7(15-8)6-3-5(11-14-6)4-9(12)13/h1-3H,4H2,(H,12,13). The van der Waals surface area contributed by atoms with Crippen LogP contribution in [-0.4, -0.2) is 16.2 Å². The van der Waals surface area contributed by atoms with Gasteiger partial charge in [-0.05, 0) is 12.1 Å². The molecule has 0 saturated carbocycles. The van der Waals surface area contributed by atoms with Crippen molar-refractivity contribution in [2.75, 3.05) is 0 Å². The quantitative estimate of drug-likeness (QED) is 0.900. The zero-order chi connectivity index (χ0) is 10.8. The van der Waals surface area contributed by atoms with Gasteiger partial charge in [0.1, 0.15) is 0 Å². The van der Waals surface area contributed by atoms with Crippen molar-refractivity contribution >= 4 is 28.9 Å². The first-order valence-electron chi connectivity index (χ1n) is 4.08. The molecule has 0 bridgehead atoms. The Morgan fingerprint density at radius 1 is 1.60 bits per heavy atom. The summed E-state index contributed by atoms with van der Waals surface area (Å²) in [5, 5.41) is 12.2. The molecule has 0 aromatic carbocycles. The minimum Gasteiger partial charge on any atom is -0.481 e. The van der Waals surface area contributed by atoms with Crippen LogP contribution in [0.3, 0.4) is 0 Å². The van der Waals surface area contributed by atoms with E-state index in [9.17, 15) is 4.79 Å². The molecule has 4 nitrogen and oxygen atoms in total. The molecule has 6 heteroatoms. The predicted octanol–water partition coefficient (Wildman–Crippen LogP) is 2.68. The Kier molecular flexibility index (Phi) is 2.75. The Balaban J connectivity index is 2.23. The lowest BCUT2D eigenvalue weighted by atomic mass is 10.3. The molecule has 0 aliphatic carbocycles. The second kappa shape index (κ2) is 4.04. The van der Waals surface area contributed by atoms with E-state index in [2.05, 4.69) is 5.16 Å². The van der Waals surface area contributed by atoms with Gasteiger partial charge in [0.15, 0.2) is 5.76 Å². The number of nitrogens with zero attached hydrogens (tertiary/aromatic N) is 1. The molecule has 2 aromatic rings. The van der Waals surface area contributed by atoms with Crippen LogP contribution in [0.25, 0.3) is 10.6 Å². The Hall–Kier alpha value is -1.33. The van der Waals surface area contributed by atoms with Crippen LogP contribution in [0.5, 0.6) is 0 Å². The zero-order valence-corrected chi connectivity index (χ0v) is 9.01. The van der Waals surface area contributed by atoms with Crippen LogP contribution >= 0.6 is 22.9 Å². The van der Waals surface area contributed by atoms with E-state index in [-0.39, 0.29) is 6.42 Å². The van der Waals surface area contributed by atoms with Crippen molar-refractivity contribution in [3.05, 3.63) is 28.2 Å². The highest BCUT2D eigenvalue weighted by atomic mass is 35.5. The van der Waals surface area contributed by atoms with Gasteiger partial charge >= 0.3 is 5.97 Å². The van der Waals surface area contributed by atoms with Crippen molar-refractivity contribution in [1.82, 2.24) is 5.16 Å². The van der Waals surface area contributed by atoms with Gasteiger partial charge in [0.2, 0.25) is 0 Å². The number of halogens is 1. The molecule has 0 atom stereocenters. The van der Waals surface area contributed by atoms with E-state index < -0.39 is 5.97 Å². The molecule has 0 unspecified atom stereocenters. The molecule has 0 saturated heterocycles. The summed E-state index contributed by atoms with van der Waals surface area (Å²) in [4.78, 5) is 11.3. The molecule has 15 heavy (non-hydrogen) atoms. The van der Waals surface area contributed by atoms with Crippen LogP contribution in [0, 0.1) is 0 Å². The molecule has 0 aliphatic heterocycles. The number of hydrogen-bond donors (Lipinski definition) is 1. The summed E-state index contributed by atoms with van der Waals surface area (Å²) in [6, 6.07) is 5.16. The lowest BCUT2D eigenvalue weighted by Crippen LogP contribution is -1.99. The summed E-state index contributed by atoms with van der Waals surface area (Å²) >= 11 is 7.12. The maximum absolute atomic E-state index is 10.4. The molecule has 0 amide bonds. The second-order valence-corrected chi connectivity index (χ2v) is 4.57. The molecule has 1 N–H and O–H groups in total. The van der Waals surface area contributed by atoms with Gasteiger partial charge < -0.3 is 9.63 Å². The molecule has 78 valence electrons. The van der Waals surface area contributed by atoms with Crippen LogP contribution in [-0.2, 0) is 11.2 Å². The molecular formula is C9H6ClNO3S. The molecule has 2 rings (SSSR count). The number of carboxylic acids is 1. The van der Waals surface area contributed by atoms with Gasteiger partial charge in [-0.3, -0.25) is 4.79 Å². The smallest absolute Gasteiger partial charge is 0.309 e. The molecule has 0 spiro atoms. The van der Waals surface area contributed by atoms with E-state index in [4.69, 9.17) is 21.2 Å². The van der Waals surface area contributed by atoms with E-state index in [1.165, 1.54) is 11.3 Å². The first-order chi connectivity index (χ1) is 7.15. The van der Waals surface area contributed by atoms with Crippen molar-refractivity contribution in [3.8, 4) is 10.6 Å². The molecule has 0 aliphatic rings. The highest BCUT2D eigenvalue weighted by Crippen LogP contribution is 2.31. The monoisotopic (exact) mass is 243 g/mol. The summed E-state index contributed by atoms with van der Waals surface area (Å²) in [5.74, 6) is -0.387. The van der Waals surface area contributed by atoms with Gasteiger partial charge in [0, 0.05) is 6.07 Å². The van der Waals surface area contributed by atoms with E-state index in [0.717, 1.165) is 4.88 Å². The Labute approximate surface area is 94.1 Å². The normalized spacial score (nSPS) is 10.5. The number of carboxylic acid groups (broad SMARTS) is 1. The van der Waals surface area contributed by atoms with Crippen molar-refractivity contribution < 1.29 is 14.4 Å². The minimum absolute atomic E-state index is 0.136. The summed E-state index contributed by atoms with van der Waals surface area (Å²) in [5.41, 5.74) is 0.405. The van der Waals surface area contributed by atoms with Gasteiger partial charge in [-0.15, -0.1) is 11.3 Å². The number of hydrogen-bond acceptors (Lipinski definition) is 4. The van der Waals surface area contributed by atoms with Gasteiger partial charge in [0.05, 0.1) is 21.3 Å². The van der Waals surface area contributed by atoms with Gasteiger partial charge in [-0.2, -0.15) is 0 Å². The minimum atomic E-state index is -0.931. The van der Waals surface area contributed by atoms with Gasteiger partial charge in [-0.25, -0.2) is 0 Å². The number of aromatic nitrogens is 1. The Morgan fingerprint density at radius 2 is 2.40 bits per heavy atom. The second-order valence-electron chi connectivity index (χ2n) is 2.86. The topological polar surface area (TPSA) is 63.3 Å². The van der Waals surface area contributed by atoms with Crippen LogP contribution < -0.4 is 0 Å². The van der Waals surface area contributed by atoms with Crippen LogP contribution in [0.4, 0.5) is 0 Å². The summed E-state index contributed by atoms with van der Waals surface area (Å²) in [6.07, 6.45) is -0.136. The van der Waals surface area contributed by atoms with Crippen molar-refractivity contribution in [3.63, 3.8) is 0 Å². The van der Waals surface area contributed by atoms with E-state index in [1.54, 1.807) is 18.2 Å². The first kappa shape index (κ1) is 10.2. The predicted molar refractivity (Wildman–Crippen MR) is 56.2 cm³/mol. The number of carbonyl (C=O) groups is 1. The maximum atomic E-state index is 10.4. The number of aliphatic carboxylic acids is 1. The average molecular weight is 244 g/mol. The van der Waals surface area contributed by atoms with Crippen LogP contribution in [0.1, 0.15) is 5.69 Å². The third-order valence-electron chi connectivity index (χ3n) is 1.71. The van der Waals surface area contributed by atoms with Crippen molar-refractivity contribution in [2.45, 2.75) is 6.42 Å². The Morgan fingerprint density at radius 3 is 3.00 bits per heavy atom. The fourth-order valence-corrected chi connectivity index (χ4v) is 2.10. The fourth-order valence-electron chi connectivity index (χ4n) is 1.11. The SMILES string of the molecule is O=C(O)Cc1cc(-c2ccc(Cl)s2)on1.